The molecule has 108 valence electrons. The minimum absolute atomic E-state index is 0.394. The second-order valence-corrected chi connectivity index (χ2v) is 5.66. The van der Waals surface area contributed by atoms with Crippen LogP contribution in [0.15, 0.2) is 41.3 Å². The highest BCUT2D eigenvalue weighted by Crippen LogP contribution is 2.23. The van der Waals surface area contributed by atoms with Gasteiger partial charge < -0.3 is 4.74 Å². The first-order chi connectivity index (χ1) is 9.02. The van der Waals surface area contributed by atoms with E-state index in [1.54, 1.807) is 11.8 Å². The Bertz CT molecular complexity index is 367. The summed E-state index contributed by atoms with van der Waals surface area (Å²) in [5, 5.41) is 1.52. The molecule has 0 radical (unpaired) electrons. The Hall–Kier alpha value is -0.960. The molecule has 0 N–H and O–H groups in total. The Labute approximate surface area is 122 Å². The van der Waals surface area contributed by atoms with Crippen molar-refractivity contribution in [2.45, 2.75) is 46.8 Å². The van der Waals surface area contributed by atoms with Crippen LogP contribution in [0.5, 0.6) is 0 Å². The molecule has 3 heteroatoms. The number of aliphatic imine (C=N–C) groups is 1. The summed E-state index contributed by atoms with van der Waals surface area (Å²) in [4.78, 5) is 4.57. The third kappa shape index (κ3) is 7.26. The fraction of sp³-hybridized carbons (Fsp3) is 0.562. The Balaban J connectivity index is 0.00000154. The van der Waals surface area contributed by atoms with Crippen molar-refractivity contribution in [3.63, 3.8) is 0 Å². The number of nitrogens with zero attached hydrogens (tertiary/aromatic N) is 1. The maximum atomic E-state index is 5.52. The fourth-order valence-corrected chi connectivity index (χ4v) is 2.37. The summed E-state index contributed by atoms with van der Waals surface area (Å²) in [6, 6.07) is 0. The number of allylic oxidation sites excluding steroid dienone is 2. The molecule has 0 bridgehead atoms. The average molecular weight is 281 g/mol. The maximum Gasteiger partial charge on any atom is 0.121 e. The first-order valence-corrected chi connectivity index (χ1v) is 7.87. The topological polar surface area (TPSA) is 21.6 Å². The molecule has 1 aliphatic heterocycles. The van der Waals surface area contributed by atoms with Gasteiger partial charge in [0.15, 0.2) is 0 Å². The lowest BCUT2D eigenvalue weighted by atomic mass is 10.2. The Morgan fingerprint density at radius 1 is 1.42 bits per heavy atom. The highest BCUT2D eigenvalue weighted by molar-refractivity contribution is 8.14. The summed E-state index contributed by atoms with van der Waals surface area (Å²) < 4.78 is 5.52. The van der Waals surface area contributed by atoms with Gasteiger partial charge in [-0.1, -0.05) is 40.3 Å². The summed E-state index contributed by atoms with van der Waals surface area (Å²) in [7, 11) is 0. The molecule has 1 rings (SSSR count). The van der Waals surface area contributed by atoms with Gasteiger partial charge in [0.25, 0.3) is 0 Å². The van der Waals surface area contributed by atoms with Crippen LogP contribution in [-0.4, -0.2) is 16.9 Å². The van der Waals surface area contributed by atoms with Crippen molar-refractivity contribution < 1.29 is 4.74 Å². The summed E-state index contributed by atoms with van der Waals surface area (Å²) in [5.41, 5.74) is 0.753. The summed E-state index contributed by atoms with van der Waals surface area (Å²) in [5.74, 6) is 1.26. The van der Waals surface area contributed by atoms with Gasteiger partial charge in [-0.2, -0.15) is 0 Å². The summed E-state index contributed by atoms with van der Waals surface area (Å²) >= 11 is 1.78. The molecular formula is C16H27NOS. The molecule has 1 heterocycles. The van der Waals surface area contributed by atoms with Crippen LogP contribution in [-0.2, 0) is 4.74 Å². The van der Waals surface area contributed by atoms with Gasteiger partial charge in [-0.3, -0.25) is 0 Å². The molecule has 1 atom stereocenters. The van der Waals surface area contributed by atoms with Crippen LogP contribution in [0.1, 0.15) is 41.5 Å². The number of thioether (sulfide) groups is 1. The van der Waals surface area contributed by atoms with E-state index < -0.39 is 0 Å². The van der Waals surface area contributed by atoms with E-state index in [0.717, 1.165) is 16.5 Å². The van der Waals surface area contributed by atoms with Crippen LogP contribution in [0.3, 0.4) is 0 Å². The van der Waals surface area contributed by atoms with Crippen molar-refractivity contribution in [2.24, 2.45) is 10.9 Å². The number of hydrogen-bond acceptors (Lipinski definition) is 3. The SMILES string of the molecule is C=C1/C=C(OCC)\C=C/C(C)SC(C(C)C)=N1.CC. The monoisotopic (exact) mass is 281 g/mol. The quantitative estimate of drug-likeness (QED) is 0.709. The van der Waals surface area contributed by atoms with E-state index in [0.29, 0.717) is 17.8 Å². The Kier molecular flexibility index (Phi) is 9.40. The molecule has 1 aliphatic rings. The molecule has 0 aromatic rings. The predicted molar refractivity (Wildman–Crippen MR) is 88.7 cm³/mol. The zero-order valence-corrected chi connectivity index (χ0v) is 13.9. The number of rotatable bonds is 3. The van der Waals surface area contributed by atoms with E-state index in [2.05, 4.69) is 38.4 Å². The van der Waals surface area contributed by atoms with Crippen molar-refractivity contribution in [1.82, 2.24) is 0 Å². The number of ether oxygens (including phenoxy) is 1. The molecule has 0 aromatic carbocycles. The smallest absolute Gasteiger partial charge is 0.121 e. The van der Waals surface area contributed by atoms with Crippen molar-refractivity contribution >= 4 is 16.8 Å². The first-order valence-electron chi connectivity index (χ1n) is 6.99. The molecule has 0 spiro atoms. The van der Waals surface area contributed by atoms with Crippen LogP contribution >= 0.6 is 11.8 Å². The third-order valence-electron chi connectivity index (χ3n) is 2.21. The minimum Gasteiger partial charge on any atom is -0.494 e. The average Bonchev–Trinajstić information content (AvgIpc) is 2.43. The molecule has 0 amide bonds. The molecule has 0 aliphatic carbocycles. The lowest BCUT2D eigenvalue weighted by Crippen LogP contribution is -2.07. The minimum atomic E-state index is 0.394. The summed E-state index contributed by atoms with van der Waals surface area (Å²) in [6.07, 6.45) is 6.04. The van der Waals surface area contributed by atoms with E-state index in [1.165, 1.54) is 0 Å². The Morgan fingerprint density at radius 3 is 2.58 bits per heavy atom. The molecule has 0 saturated heterocycles. The van der Waals surface area contributed by atoms with E-state index in [1.807, 2.05) is 32.9 Å². The van der Waals surface area contributed by atoms with Crippen LogP contribution in [0.4, 0.5) is 0 Å². The normalized spacial score (nSPS) is 23.9. The largest absolute Gasteiger partial charge is 0.494 e. The van der Waals surface area contributed by atoms with E-state index in [-0.39, 0.29) is 0 Å². The lowest BCUT2D eigenvalue weighted by molar-refractivity contribution is 0.242. The van der Waals surface area contributed by atoms with Crippen LogP contribution < -0.4 is 0 Å². The molecule has 1 unspecified atom stereocenters. The van der Waals surface area contributed by atoms with Gasteiger partial charge >= 0.3 is 0 Å². The van der Waals surface area contributed by atoms with Gasteiger partial charge in [-0.25, -0.2) is 4.99 Å². The predicted octanol–water partition coefficient (Wildman–Crippen LogP) is 5.19. The molecule has 0 fully saturated rings. The summed E-state index contributed by atoms with van der Waals surface area (Å²) in [6.45, 7) is 17.1. The maximum absolute atomic E-state index is 5.52. The molecule has 19 heavy (non-hydrogen) atoms. The van der Waals surface area contributed by atoms with Gasteiger partial charge in [0.05, 0.1) is 17.3 Å². The highest BCUT2D eigenvalue weighted by atomic mass is 32.2. The van der Waals surface area contributed by atoms with Gasteiger partial charge in [0.2, 0.25) is 0 Å². The third-order valence-corrected chi connectivity index (χ3v) is 3.54. The zero-order chi connectivity index (χ0) is 14.8. The van der Waals surface area contributed by atoms with E-state index in [9.17, 15) is 0 Å². The molecule has 0 saturated carbocycles. The van der Waals surface area contributed by atoms with Gasteiger partial charge in [-0.05, 0) is 19.9 Å². The van der Waals surface area contributed by atoms with Gasteiger partial charge in [0.1, 0.15) is 5.76 Å². The van der Waals surface area contributed by atoms with Crippen molar-refractivity contribution in [2.75, 3.05) is 6.61 Å². The standard InChI is InChI=1S/C14H21NOS.C2H6/c1-6-16-13-8-7-12(5)17-14(10(2)3)15-11(4)9-13;1-2/h7-10,12H,4,6H2,1-3,5H3;1-2H3/b8-7-,13-9+,15-14?;. The molecule has 0 aromatic heterocycles. The molecule has 2 nitrogen and oxygen atoms in total. The van der Waals surface area contributed by atoms with Crippen molar-refractivity contribution in [1.29, 1.82) is 0 Å². The number of hydrogen-bond donors (Lipinski definition) is 0. The first kappa shape index (κ1) is 18.0. The zero-order valence-electron chi connectivity index (χ0n) is 13.1. The van der Waals surface area contributed by atoms with Gasteiger partial charge in [-0.15, -0.1) is 11.8 Å². The van der Waals surface area contributed by atoms with Gasteiger partial charge in [0, 0.05) is 17.2 Å². The second kappa shape index (κ2) is 9.90. The fourth-order valence-electron chi connectivity index (χ4n) is 1.39. The van der Waals surface area contributed by atoms with E-state index >= 15 is 0 Å². The van der Waals surface area contributed by atoms with Crippen LogP contribution in [0.2, 0.25) is 0 Å². The van der Waals surface area contributed by atoms with Crippen molar-refractivity contribution in [3.8, 4) is 0 Å². The Morgan fingerprint density at radius 2 is 2.05 bits per heavy atom. The molecular weight excluding hydrogens is 254 g/mol. The highest BCUT2D eigenvalue weighted by Gasteiger charge is 2.12. The van der Waals surface area contributed by atoms with Crippen LogP contribution in [0.25, 0.3) is 0 Å². The second-order valence-electron chi connectivity index (χ2n) is 4.26. The van der Waals surface area contributed by atoms with Crippen LogP contribution in [0, 0.1) is 5.92 Å². The lowest BCUT2D eigenvalue weighted by Gasteiger charge is -2.12. The van der Waals surface area contributed by atoms with E-state index in [4.69, 9.17) is 4.74 Å². The van der Waals surface area contributed by atoms with Crippen molar-refractivity contribution in [3.05, 3.63) is 36.3 Å².